The van der Waals surface area contributed by atoms with Crippen molar-refractivity contribution in [3.8, 4) is 0 Å². The van der Waals surface area contributed by atoms with E-state index in [4.69, 9.17) is 0 Å². The number of amides is 1. The molecule has 0 unspecified atom stereocenters. The zero-order chi connectivity index (χ0) is 11.5. The van der Waals surface area contributed by atoms with Crippen LogP contribution in [-0.4, -0.2) is 30.7 Å². The number of alkyl halides is 1. The van der Waals surface area contributed by atoms with E-state index in [1.807, 2.05) is 0 Å². The third-order valence-electron chi connectivity index (χ3n) is 2.43. The van der Waals surface area contributed by atoms with Crippen molar-refractivity contribution < 1.29 is 17.4 Å². The van der Waals surface area contributed by atoms with E-state index < -0.39 is 15.4 Å². The van der Waals surface area contributed by atoms with E-state index in [1.54, 1.807) is 0 Å². The van der Waals surface area contributed by atoms with Gasteiger partial charge in [0.15, 0.2) is 0 Å². The summed E-state index contributed by atoms with van der Waals surface area (Å²) in [6, 6.07) is -0.0585. The quantitative estimate of drug-likeness (QED) is 0.466. The Kier molecular flexibility index (Phi) is 4.78. The molecule has 0 aromatic heterocycles. The second kappa shape index (κ2) is 5.44. The fraction of sp³-hybridized carbons (Fsp3) is 0.875. The topological polar surface area (TPSA) is 72.5 Å². The number of hydrogen-bond donors (Lipinski definition) is 1. The molecule has 1 rings (SSSR count). The number of halogens is 1. The molecule has 0 saturated heterocycles. The minimum absolute atomic E-state index is 0.0585. The maximum Gasteiger partial charge on any atom is 0.364 e. The van der Waals surface area contributed by atoms with Crippen LogP contribution in [0.4, 0.5) is 4.79 Å². The summed E-state index contributed by atoms with van der Waals surface area (Å²) in [5.41, 5.74) is 0. The van der Waals surface area contributed by atoms with E-state index >= 15 is 0 Å². The summed E-state index contributed by atoms with van der Waals surface area (Å²) in [5, 5.41) is 1.47. The Balaban J connectivity index is 2.58. The molecule has 0 bridgehead atoms. The Hall–Kier alpha value is 0.110. The van der Waals surface area contributed by atoms with Gasteiger partial charge in [-0.15, -0.1) is 0 Å². The van der Waals surface area contributed by atoms with Gasteiger partial charge in [-0.25, -0.2) is 0 Å². The lowest BCUT2D eigenvalue weighted by atomic mass is 9.96. The van der Waals surface area contributed by atoms with Crippen molar-refractivity contribution in [3.05, 3.63) is 0 Å². The summed E-state index contributed by atoms with van der Waals surface area (Å²) in [4.78, 5) is 11.3. The standard InChI is InChI=1S/C8H14INO4S/c1-14-15(12,13)8(11)10-7-5-3-2-4-6(7)9/h6-7H,2-5H2,1H3,(H,10,11)/t6-,7+/m1/s1. The van der Waals surface area contributed by atoms with E-state index in [0.29, 0.717) is 3.92 Å². The third-order valence-corrected chi connectivity index (χ3v) is 4.93. The van der Waals surface area contributed by atoms with Crippen molar-refractivity contribution in [2.75, 3.05) is 7.11 Å². The zero-order valence-electron chi connectivity index (χ0n) is 8.40. The molecule has 0 aromatic rings. The molecule has 1 aliphatic carbocycles. The van der Waals surface area contributed by atoms with E-state index in [1.165, 1.54) is 0 Å². The lowest BCUT2D eigenvalue weighted by Gasteiger charge is -2.27. The van der Waals surface area contributed by atoms with Crippen LogP contribution >= 0.6 is 22.6 Å². The average molecular weight is 347 g/mol. The lowest BCUT2D eigenvalue weighted by molar-refractivity contribution is 0.247. The molecule has 0 spiro atoms. The molecule has 15 heavy (non-hydrogen) atoms. The van der Waals surface area contributed by atoms with Gasteiger partial charge in [0.2, 0.25) is 0 Å². The molecule has 1 aliphatic rings. The second-order valence-corrected chi connectivity index (χ2v) is 6.67. The van der Waals surface area contributed by atoms with Crippen molar-refractivity contribution >= 4 is 37.9 Å². The molecule has 0 aromatic carbocycles. The van der Waals surface area contributed by atoms with Crippen molar-refractivity contribution in [2.45, 2.75) is 35.6 Å². The van der Waals surface area contributed by atoms with Gasteiger partial charge in [-0.3, -0.25) is 8.98 Å². The number of hydrogen-bond acceptors (Lipinski definition) is 4. The summed E-state index contributed by atoms with van der Waals surface area (Å²) in [6.45, 7) is 0. The highest BCUT2D eigenvalue weighted by molar-refractivity contribution is 14.1. The van der Waals surface area contributed by atoms with Crippen molar-refractivity contribution in [2.24, 2.45) is 0 Å². The Morgan fingerprint density at radius 2 is 2.00 bits per heavy atom. The van der Waals surface area contributed by atoms with Crippen LogP contribution < -0.4 is 5.32 Å². The van der Waals surface area contributed by atoms with E-state index in [0.717, 1.165) is 32.8 Å². The second-order valence-electron chi connectivity index (χ2n) is 3.46. The Morgan fingerprint density at radius 3 is 2.53 bits per heavy atom. The summed E-state index contributed by atoms with van der Waals surface area (Å²) in [5.74, 6) is 0. The first kappa shape index (κ1) is 13.2. The SMILES string of the molecule is COS(=O)(=O)C(=O)N[C@H]1CCCC[C@H]1I. The fourth-order valence-electron chi connectivity index (χ4n) is 1.55. The van der Waals surface area contributed by atoms with Crippen LogP contribution in [0.2, 0.25) is 0 Å². The van der Waals surface area contributed by atoms with Crippen LogP contribution in [-0.2, 0) is 14.3 Å². The molecule has 1 saturated carbocycles. The van der Waals surface area contributed by atoms with Gasteiger partial charge in [0.25, 0.3) is 0 Å². The van der Waals surface area contributed by atoms with Gasteiger partial charge < -0.3 is 5.32 Å². The van der Waals surface area contributed by atoms with Gasteiger partial charge in [0.05, 0.1) is 7.11 Å². The summed E-state index contributed by atoms with van der Waals surface area (Å²) >= 11 is 2.24. The van der Waals surface area contributed by atoms with Gasteiger partial charge in [0, 0.05) is 9.97 Å². The van der Waals surface area contributed by atoms with Gasteiger partial charge in [-0.05, 0) is 12.8 Å². The fourth-order valence-corrected chi connectivity index (χ4v) is 2.97. The molecule has 1 amide bonds. The number of nitrogens with one attached hydrogen (secondary N) is 1. The average Bonchev–Trinajstić information content (AvgIpc) is 2.21. The molecule has 0 radical (unpaired) electrons. The van der Waals surface area contributed by atoms with Gasteiger partial charge in [-0.1, -0.05) is 35.4 Å². The van der Waals surface area contributed by atoms with Gasteiger partial charge in [0.1, 0.15) is 0 Å². The molecule has 7 heteroatoms. The Bertz CT molecular complexity index is 330. The van der Waals surface area contributed by atoms with Crippen molar-refractivity contribution in [1.82, 2.24) is 5.32 Å². The van der Waals surface area contributed by atoms with Crippen LogP contribution in [0.1, 0.15) is 25.7 Å². The molecule has 1 N–H and O–H groups in total. The molecular weight excluding hydrogens is 333 g/mol. The van der Waals surface area contributed by atoms with Crippen LogP contribution in [0.15, 0.2) is 0 Å². The predicted octanol–water partition coefficient (Wildman–Crippen LogP) is 1.42. The minimum Gasteiger partial charge on any atom is -0.337 e. The van der Waals surface area contributed by atoms with Gasteiger partial charge in [-0.2, -0.15) is 8.42 Å². The van der Waals surface area contributed by atoms with Crippen LogP contribution in [0.5, 0.6) is 0 Å². The summed E-state index contributed by atoms with van der Waals surface area (Å²) < 4.78 is 26.5. The van der Waals surface area contributed by atoms with Crippen molar-refractivity contribution in [1.29, 1.82) is 0 Å². The maximum atomic E-state index is 11.3. The highest BCUT2D eigenvalue weighted by atomic mass is 127. The smallest absolute Gasteiger partial charge is 0.337 e. The Labute approximate surface area is 103 Å². The van der Waals surface area contributed by atoms with E-state index in [2.05, 4.69) is 32.1 Å². The first-order chi connectivity index (χ1) is 6.97. The van der Waals surface area contributed by atoms with Crippen LogP contribution in [0.25, 0.3) is 0 Å². The van der Waals surface area contributed by atoms with Crippen LogP contribution in [0.3, 0.4) is 0 Å². The predicted molar refractivity (Wildman–Crippen MR) is 64.5 cm³/mol. The first-order valence-electron chi connectivity index (χ1n) is 4.72. The zero-order valence-corrected chi connectivity index (χ0v) is 11.4. The lowest BCUT2D eigenvalue weighted by Crippen LogP contribution is -2.44. The third kappa shape index (κ3) is 3.56. The number of rotatable bonds is 2. The highest BCUT2D eigenvalue weighted by Crippen LogP contribution is 2.25. The minimum atomic E-state index is -4.07. The maximum absolute atomic E-state index is 11.3. The largest absolute Gasteiger partial charge is 0.364 e. The molecular formula is C8H14INO4S. The summed E-state index contributed by atoms with van der Waals surface area (Å²) in [7, 11) is -3.09. The highest BCUT2D eigenvalue weighted by Gasteiger charge is 2.29. The molecule has 5 nitrogen and oxygen atoms in total. The van der Waals surface area contributed by atoms with Crippen LogP contribution in [0, 0.1) is 0 Å². The van der Waals surface area contributed by atoms with Crippen molar-refractivity contribution in [3.63, 3.8) is 0 Å². The molecule has 0 heterocycles. The molecule has 88 valence electrons. The normalized spacial score (nSPS) is 27.3. The van der Waals surface area contributed by atoms with E-state index in [-0.39, 0.29) is 6.04 Å². The molecule has 1 fully saturated rings. The molecule has 2 atom stereocenters. The summed E-state index contributed by atoms with van der Waals surface area (Å²) in [6.07, 6.45) is 4.01. The Morgan fingerprint density at radius 1 is 1.40 bits per heavy atom. The van der Waals surface area contributed by atoms with Gasteiger partial charge >= 0.3 is 15.4 Å². The molecule has 0 aliphatic heterocycles. The number of carbonyl (C=O) groups excluding carboxylic acids is 1. The monoisotopic (exact) mass is 347 g/mol. The number of carbonyl (C=O) groups is 1. The first-order valence-corrected chi connectivity index (χ1v) is 7.38. The van der Waals surface area contributed by atoms with E-state index in [9.17, 15) is 13.2 Å².